The molecule has 0 saturated heterocycles. The van der Waals surface area contributed by atoms with Gasteiger partial charge in [0.1, 0.15) is 0 Å². The van der Waals surface area contributed by atoms with E-state index >= 15 is 0 Å². The topological polar surface area (TPSA) is 26.0 Å². The van der Waals surface area contributed by atoms with E-state index in [-0.39, 0.29) is 0 Å². The van der Waals surface area contributed by atoms with Crippen molar-refractivity contribution in [3.63, 3.8) is 0 Å². The predicted octanol–water partition coefficient (Wildman–Crippen LogP) is 1.52. The SMILES string of the molecule is N[C@@H](C1CCC1)C1CC1. The Hall–Kier alpha value is -0.0400. The van der Waals surface area contributed by atoms with Gasteiger partial charge in [0.2, 0.25) is 0 Å². The first-order chi connectivity index (χ1) is 4.38. The number of hydrogen-bond acceptors (Lipinski definition) is 1. The highest BCUT2D eigenvalue weighted by atomic mass is 14.7. The van der Waals surface area contributed by atoms with Crippen molar-refractivity contribution < 1.29 is 0 Å². The fraction of sp³-hybridized carbons (Fsp3) is 1.00. The molecule has 52 valence electrons. The molecule has 1 heteroatoms. The summed E-state index contributed by atoms with van der Waals surface area (Å²) >= 11 is 0. The summed E-state index contributed by atoms with van der Waals surface area (Å²) < 4.78 is 0. The zero-order chi connectivity index (χ0) is 6.27. The maximum absolute atomic E-state index is 5.98. The highest BCUT2D eigenvalue weighted by Crippen LogP contribution is 2.40. The first-order valence-corrected chi connectivity index (χ1v) is 4.13. The lowest BCUT2D eigenvalue weighted by Crippen LogP contribution is -2.36. The van der Waals surface area contributed by atoms with Gasteiger partial charge in [0.15, 0.2) is 0 Å². The van der Waals surface area contributed by atoms with Crippen LogP contribution in [0.25, 0.3) is 0 Å². The molecule has 9 heavy (non-hydrogen) atoms. The predicted molar refractivity (Wildman–Crippen MR) is 38.0 cm³/mol. The molecule has 0 aromatic heterocycles. The van der Waals surface area contributed by atoms with Crippen molar-refractivity contribution in [1.29, 1.82) is 0 Å². The lowest BCUT2D eigenvalue weighted by atomic mass is 9.78. The molecule has 1 nitrogen and oxygen atoms in total. The van der Waals surface area contributed by atoms with Crippen molar-refractivity contribution in [2.24, 2.45) is 17.6 Å². The normalized spacial score (nSPS) is 31.7. The van der Waals surface area contributed by atoms with Crippen LogP contribution in [0.4, 0.5) is 0 Å². The van der Waals surface area contributed by atoms with Crippen LogP contribution >= 0.6 is 0 Å². The van der Waals surface area contributed by atoms with Crippen molar-refractivity contribution in [1.82, 2.24) is 0 Å². The molecule has 0 aromatic carbocycles. The van der Waals surface area contributed by atoms with Gasteiger partial charge >= 0.3 is 0 Å². The molecule has 0 aromatic rings. The van der Waals surface area contributed by atoms with E-state index in [9.17, 15) is 0 Å². The van der Waals surface area contributed by atoms with Gasteiger partial charge in [-0.25, -0.2) is 0 Å². The van der Waals surface area contributed by atoms with E-state index in [2.05, 4.69) is 0 Å². The minimum absolute atomic E-state index is 0.582. The Bertz CT molecular complexity index is 103. The molecule has 0 heterocycles. The Labute approximate surface area is 56.6 Å². The summed E-state index contributed by atoms with van der Waals surface area (Å²) in [6.45, 7) is 0. The molecule has 0 bridgehead atoms. The van der Waals surface area contributed by atoms with Crippen LogP contribution in [0.15, 0.2) is 0 Å². The number of nitrogens with two attached hydrogens (primary N) is 1. The number of rotatable bonds is 2. The second-order valence-electron chi connectivity index (χ2n) is 3.61. The zero-order valence-corrected chi connectivity index (χ0v) is 5.84. The van der Waals surface area contributed by atoms with Gasteiger partial charge in [-0.05, 0) is 37.5 Å². The van der Waals surface area contributed by atoms with Crippen LogP contribution < -0.4 is 5.73 Å². The van der Waals surface area contributed by atoms with Gasteiger partial charge in [0, 0.05) is 6.04 Å². The summed E-state index contributed by atoms with van der Waals surface area (Å²) in [5, 5.41) is 0. The summed E-state index contributed by atoms with van der Waals surface area (Å²) in [6.07, 6.45) is 7.09. The fourth-order valence-electron chi connectivity index (χ4n) is 1.69. The van der Waals surface area contributed by atoms with Gasteiger partial charge in [0.25, 0.3) is 0 Å². The lowest BCUT2D eigenvalue weighted by Gasteiger charge is -2.31. The molecule has 0 unspecified atom stereocenters. The summed E-state index contributed by atoms with van der Waals surface area (Å²) in [4.78, 5) is 0. The molecular formula is C8H15N. The lowest BCUT2D eigenvalue weighted by molar-refractivity contribution is 0.244. The smallest absolute Gasteiger partial charge is 0.00956 e. The van der Waals surface area contributed by atoms with E-state index in [1.54, 1.807) is 0 Å². The minimum Gasteiger partial charge on any atom is -0.327 e. The molecule has 2 N–H and O–H groups in total. The third-order valence-electron chi connectivity index (χ3n) is 2.86. The Kier molecular flexibility index (Phi) is 1.26. The van der Waals surface area contributed by atoms with Gasteiger partial charge in [-0.3, -0.25) is 0 Å². The van der Waals surface area contributed by atoms with E-state index in [0.717, 1.165) is 11.8 Å². The van der Waals surface area contributed by atoms with Gasteiger partial charge in [0.05, 0.1) is 0 Å². The van der Waals surface area contributed by atoms with Crippen LogP contribution in [-0.4, -0.2) is 6.04 Å². The van der Waals surface area contributed by atoms with Crippen LogP contribution in [0.3, 0.4) is 0 Å². The summed E-state index contributed by atoms with van der Waals surface area (Å²) in [6, 6.07) is 0.582. The van der Waals surface area contributed by atoms with Crippen molar-refractivity contribution >= 4 is 0 Å². The van der Waals surface area contributed by atoms with Crippen LogP contribution in [0.2, 0.25) is 0 Å². The minimum atomic E-state index is 0.582. The molecule has 2 saturated carbocycles. The first-order valence-electron chi connectivity index (χ1n) is 4.13. The standard InChI is InChI=1S/C8H15N/c9-8(7-4-5-7)6-2-1-3-6/h6-8H,1-5,9H2/t8-/m0/s1. The van der Waals surface area contributed by atoms with Gasteiger partial charge < -0.3 is 5.73 Å². The van der Waals surface area contributed by atoms with Gasteiger partial charge in [-0.15, -0.1) is 0 Å². The highest BCUT2D eigenvalue weighted by molar-refractivity contribution is 4.91. The summed E-state index contributed by atoms with van der Waals surface area (Å²) in [7, 11) is 0. The monoisotopic (exact) mass is 125 g/mol. The average Bonchev–Trinajstić information content (AvgIpc) is 2.37. The molecule has 0 aliphatic heterocycles. The molecule has 2 aliphatic rings. The third-order valence-corrected chi connectivity index (χ3v) is 2.86. The Balaban J connectivity index is 1.81. The summed E-state index contributed by atoms with van der Waals surface area (Å²) in [5.41, 5.74) is 5.98. The van der Waals surface area contributed by atoms with E-state index < -0.39 is 0 Å². The van der Waals surface area contributed by atoms with Crippen molar-refractivity contribution in [3.05, 3.63) is 0 Å². The second kappa shape index (κ2) is 1.98. The van der Waals surface area contributed by atoms with Crippen molar-refractivity contribution in [2.45, 2.75) is 38.1 Å². The van der Waals surface area contributed by atoms with Crippen molar-refractivity contribution in [2.75, 3.05) is 0 Å². The molecule has 2 fully saturated rings. The molecule has 1 atom stereocenters. The Morgan fingerprint density at radius 1 is 1.00 bits per heavy atom. The highest BCUT2D eigenvalue weighted by Gasteiger charge is 2.35. The average molecular weight is 125 g/mol. The van der Waals surface area contributed by atoms with Crippen LogP contribution in [-0.2, 0) is 0 Å². The molecule has 2 rings (SSSR count). The number of hydrogen-bond donors (Lipinski definition) is 1. The van der Waals surface area contributed by atoms with Crippen LogP contribution in [0.5, 0.6) is 0 Å². The third kappa shape index (κ3) is 0.983. The molecule has 0 spiro atoms. The Morgan fingerprint density at radius 3 is 1.89 bits per heavy atom. The summed E-state index contributed by atoms with van der Waals surface area (Å²) in [5.74, 6) is 1.84. The second-order valence-corrected chi connectivity index (χ2v) is 3.61. The first kappa shape index (κ1) is 5.72. The quantitative estimate of drug-likeness (QED) is 0.595. The van der Waals surface area contributed by atoms with E-state index in [4.69, 9.17) is 5.73 Å². The van der Waals surface area contributed by atoms with Crippen molar-refractivity contribution in [3.8, 4) is 0 Å². The maximum atomic E-state index is 5.98. The molecule has 0 amide bonds. The van der Waals surface area contributed by atoms with Crippen LogP contribution in [0, 0.1) is 11.8 Å². The zero-order valence-electron chi connectivity index (χ0n) is 5.84. The molecule has 0 radical (unpaired) electrons. The molecule has 2 aliphatic carbocycles. The van der Waals surface area contributed by atoms with E-state index in [1.807, 2.05) is 0 Å². The fourth-order valence-corrected chi connectivity index (χ4v) is 1.69. The molecular weight excluding hydrogens is 110 g/mol. The van der Waals surface area contributed by atoms with Gasteiger partial charge in [-0.1, -0.05) is 6.42 Å². The largest absolute Gasteiger partial charge is 0.327 e. The maximum Gasteiger partial charge on any atom is 0.00956 e. The van der Waals surface area contributed by atoms with E-state index in [0.29, 0.717) is 6.04 Å². The van der Waals surface area contributed by atoms with Crippen LogP contribution in [0.1, 0.15) is 32.1 Å². The van der Waals surface area contributed by atoms with E-state index in [1.165, 1.54) is 32.1 Å². The van der Waals surface area contributed by atoms with Gasteiger partial charge in [-0.2, -0.15) is 0 Å². The Morgan fingerprint density at radius 2 is 1.56 bits per heavy atom.